The van der Waals surface area contributed by atoms with Crippen LogP contribution in [0.4, 0.5) is 5.95 Å². The minimum absolute atomic E-state index is 0.685. The van der Waals surface area contributed by atoms with Crippen LogP contribution >= 0.6 is 27.3 Å². The van der Waals surface area contributed by atoms with E-state index >= 15 is 0 Å². The molecule has 0 aliphatic carbocycles. The van der Waals surface area contributed by atoms with Crippen LogP contribution in [0.5, 0.6) is 0 Å². The van der Waals surface area contributed by atoms with Gasteiger partial charge in [-0.25, -0.2) is 4.52 Å². The highest BCUT2D eigenvalue weighted by molar-refractivity contribution is 9.11. The average molecular weight is 337 g/mol. The molecule has 0 radical (unpaired) electrons. The summed E-state index contributed by atoms with van der Waals surface area (Å²) in [7, 11) is 0. The summed E-state index contributed by atoms with van der Waals surface area (Å²) in [6.45, 7) is 2.87. The zero-order valence-electron chi connectivity index (χ0n) is 10.4. The third-order valence-electron chi connectivity index (χ3n) is 2.84. The highest BCUT2D eigenvalue weighted by atomic mass is 79.9. The molecule has 0 aliphatic heterocycles. The van der Waals surface area contributed by atoms with Crippen LogP contribution in [-0.4, -0.2) is 21.1 Å². The molecule has 3 aromatic rings. The molecule has 19 heavy (non-hydrogen) atoms. The van der Waals surface area contributed by atoms with E-state index in [-0.39, 0.29) is 0 Å². The van der Waals surface area contributed by atoms with E-state index in [9.17, 15) is 0 Å². The van der Waals surface area contributed by atoms with Gasteiger partial charge in [-0.3, -0.25) is 0 Å². The van der Waals surface area contributed by atoms with E-state index in [0.717, 1.165) is 24.2 Å². The third kappa shape index (κ3) is 2.79. The minimum atomic E-state index is 0.685. The summed E-state index contributed by atoms with van der Waals surface area (Å²) in [6.07, 6.45) is 2.89. The number of anilines is 1. The third-order valence-corrected chi connectivity index (χ3v) is 4.52. The second kappa shape index (κ2) is 5.30. The van der Waals surface area contributed by atoms with Crippen LogP contribution in [0.1, 0.15) is 10.4 Å². The first-order valence-electron chi connectivity index (χ1n) is 6.02. The summed E-state index contributed by atoms with van der Waals surface area (Å²) in [5, 5.41) is 7.67. The second-order valence-electron chi connectivity index (χ2n) is 4.28. The Morgan fingerprint density at radius 1 is 1.37 bits per heavy atom. The number of thiophene rings is 1. The molecule has 3 heterocycles. The highest BCUT2D eigenvalue weighted by Gasteiger charge is 2.05. The highest BCUT2D eigenvalue weighted by Crippen LogP contribution is 2.22. The number of nitrogens with one attached hydrogen (secondary N) is 1. The van der Waals surface area contributed by atoms with Crippen molar-refractivity contribution in [2.75, 3.05) is 11.9 Å². The Balaban J connectivity index is 1.67. The molecule has 6 heteroatoms. The standard InChI is InChI=1S/C13H13BrN4S/c1-9-3-2-8-18-12(9)16-13(17-18)15-7-6-10-4-5-11(14)19-10/h2-5,8H,6-7H2,1H3,(H,15,17). The molecule has 3 aromatic heterocycles. The Kier molecular flexibility index (Phi) is 3.52. The second-order valence-corrected chi connectivity index (χ2v) is 6.82. The Morgan fingerprint density at radius 2 is 2.26 bits per heavy atom. The Hall–Kier alpha value is -1.40. The van der Waals surface area contributed by atoms with Gasteiger partial charge < -0.3 is 5.32 Å². The van der Waals surface area contributed by atoms with Crippen molar-refractivity contribution in [1.29, 1.82) is 0 Å². The topological polar surface area (TPSA) is 42.2 Å². The van der Waals surface area contributed by atoms with E-state index in [4.69, 9.17) is 0 Å². The molecule has 0 aromatic carbocycles. The lowest BCUT2D eigenvalue weighted by molar-refractivity contribution is 0.938. The molecule has 0 saturated carbocycles. The molecular weight excluding hydrogens is 324 g/mol. The van der Waals surface area contributed by atoms with Gasteiger partial charge in [0.25, 0.3) is 0 Å². The molecule has 98 valence electrons. The molecule has 0 bridgehead atoms. The fourth-order valence-electron chi connectivity index (χ4n) is 1.90. The zero-order chi connectivity index (χ0) is 13.2. The Labute approximate surface area is 123 Å². The summed E-state index contributed by atoms with van der Waals surface area (Å²) in [6, 6.07) is 8.23. The monoisotopic (exact) mass is 336 g/mol. The van der Waals surface area contributed by atoms with Crippen molar-refractivity contribution < 1.29 is 0 Å². The maximum atomic E-state index is 4.48. The van der Waals surface area contributed by atoms with E-state index in [2.05, 4.69) is 43.5 Å². The molecular formula is C13H13BrN4S. The summed E-state index contributed by atoms with van der Waals surface area (Å²) in [5.74, 6) is 0.685. The molecule has 0 atom stereocenters. The van der Waals surface area contributed by atoms with Crippen LogP contribution in [0.25, 0.3) is 5.65 Å². The number of aromatic nitrogens is 3. The van der Waals surface area contributed by atoms with E-state index in [1.54, 1.807) is 15.9 Å². The first-order chi connectivity index (χ1) is 9.22. The van der Waals surface area contributed by atoms with Gasteiger partial charge in [-0.2, -0.15) is 4.98 Å². The van der Waals surface area contributed by atoms with Gasteiger partial charge in [-0.1, -0.05) is 6.07 Å². The van der Waals surface area contributed by atoms with E-state index in [1.165, 1.54) is 8.66 Å². The maximum absolute atomic E-state index is 4.48. The van der Waals surface area contributed by atoms with E-state index in [1.807, 2.05) is 25.3 Å². The molecule has 4 nitrogen and oxygen atoms in total. The van der Waals surface area contributed by atoms with Crippen LogP contribution in [0.15, 0.2) is 34.2 Å². The van der Waals surface area contributed by atoms with Crippen molar-refractivity contribution in [1.82, 2.24) is 14.6 Å². The van der Waals surface area contributed by atoms with Crippen molar-refractivity contribution in [3.63, 3.8) is 0 Å². The summed E-state index contributed by atoms with van der Waals surface area (Å²) < 4.78 is 2.98. The predicted molar refractivity (Wildman–Crippen MR) is 81.9 cm³/mol. The lowest BCUT2D eigenvalue weighted by Crippen LogP contribution is -2.05. The van der Waals surface area contributed by atoms with Crippen LogP contribution in [0, 0.1) is 6.92 Å². The number of nitrogens with zero attached hydrogens (tertiary/aromatic N) is 3. The van der Waals surface area contributed by atoms with Crippen LogP contribution < -0.4 is 5.32 Å². The number of hydrogen-bond donors (Lipinski definition) is 1. The van der Waals surface area contributed by atoms with E-state index < -0.39 is 0 Å². The Morgan fingerprint density at radius 3 is 3.00 bits per heavy atom. The number of halogens is 1. The largest absolute Gasteiger partial charge is 0.353 e. The average Bonchev–Trinajstić information content (AvgIpc) is 2.97. The minimum Gasteiger partial charge on any atom is -0.353 e. The lowest BCUT2D eigenvalue weighted by atomic mass is 10.3. The van der Waals surface area contributed by atoms with Gasteiger partial charge in [-0.15, -0.1) is 16.4 Å². The lowest BCUT2D eigenvalue weighted by Gasteiger charge is -1.98. The quantitative estimate of drug-likeness (QED) is 0.792. The van der Waals surface area contributed by atoms with Crippen LogP contribution in [-0.2, 0) is 6.42 Å². The normalized spacial score (nSPS) is 11.1. The molecule has 1 N–H and O–H groups in total. The van der Waals surface area contributed by atoms with Crippen molar-refractivity contribution in [3.05, 3.63) is 44.7 Å². The summed E-state index contributed by atoms with van der Waals surface area (Å²) >= 11 is 5.23. The molecule has 0 spiro atoms. The molecule has 0 unspecified atom stereocenters. The first kappa shape index (κ1) is 12.6. The molecule has 0 amide bonds. The van der Waals surface area contributed by atoms with Crippen molar-refractivity contribution in [2.45, 2.75) is 13.3 Å². The molecule has 0 saturated heterocycles. The van der Waals surface area contributed by atoms with E-state index in [0.29, 0.717) is 5.95 Å². The Bertz CT molecular complexity index is 704. The number of hydrogen-bond acceptors (Lipinski definition) is 4. The molecule has 3 rings (SSSR count). The summed E-state index contributed by atoms with van der Waals surface area (Å²) in [5.41, 5.74) is 2.04. The van der Waals surface area contributed by atoms with Crippen LogP contribution in [0.3, 0.4) is 0 Å². The van der Waals surface area contributed by atoms with Gasteiger partial charge in [0.2, 0.25) is 5.95 Å². The van der Waals surface area contributed by atoms with Gasteiger partial charge in [-0.05, 0) is 53.0 Å². The number of rotatable bonds is 4. The van der Waals surface area contributed by atoms with Crippen molar-refractivity contribution in [3.8, 4) is 0 Å². The van der Waals surface area contributed by atoms with Crippen molar-refractivity contribution >= 4 is 38.9 Å². The van der Waals surface area contributed by atoms with Gasteiger partial charge in [0.15, 0.2) is 5.65 Å². The first-order valence-corrected chi connectivity index (χ1v) is 7.63. The number of aryl methyl sites for hydroxylation is 1. The predicted octanol–water partition coefficient (Wildman–Crippen LogP) is 3.52. The SMILES string of the molecule is Cc1cccn2nc(NCCc3ccc(Br)s3)nc12. The van der Waals surface area contributed by atoms with Gasteiger partial charge in [0.1, 0.15) is 0 Å². The molecule has 0 aliphatic rings. The molecule has 0 fully saturated rings. The van der Waals surface area contributed by atoms with Crippen molar-refractivity contribution in [2.24, 2.45) is 0 Å². The number of fused-ring (bicyclic) bond motifs is 1. The number of pyridine rings is 1. The van der Waals surface area contributed by atoms with Crippen LogP contribution in [0.2, 0.25) is 0 Å². The van der Waals surface area contributed by atoms with Gasteiger partial charge >= 0.3 is 0 Å². The van der Waals surface area contributed by atoms with Gasteiger partial charge in [0.05, 0.1) is 3.79 Å². The van der Waals surface area contributed by atoms with Gasteiger partial charge in [0, 0.05) is 17.6 Å². The smallest absolute Gasteiger partial charge is 0.243 e. The fourth-order valence-corrected chi connectivity index (χ4v) is 3.38. The fraction of sp³-hybridized carbons (Fsp3) is 0.231. The summed E-state index contributed by atoms with van der Waals surface area (Å²) in [4.78, 5) is 5.83. The zero-order valence-corrected chi connectivity index (χ0v) is 12.8. The maximum Gasteiger partial charge on any atom is 0.243 e.